The van der Waals surface area contributed by atoms with Crippen LogP contribution in [0.3, 0.4) is 0 Å². The van der Waals surface area contributed by atoms with Gasteiger partial charge in [0.25, 0.3) is 0 Å². The van der Waals surface area contributed by atoms with Crippen molar-refractivity contribution in [3.63, 3.8) is 0 Å². The second-order valence-corrected chi connectivity index (χ2v) is 3.88. The molecular weight excluding hydrogens is 194 g/mol. The van der Waals surface area contributed by atoms with Gasteiger partial charge in [0.15, 0.2) is 0 Å². The van der Waals surface area contributed by atoms with Crippen molar-refractivity contribution in [3.05, 3.63) is 0 Å². The van der Waals surface area contributed by atoms with Gasteiger partial charge < -0.3 is 15.5 Å². The second kappa shape index (κ2) is 6.40. The molecule has 0 aromatic carbocycles. The standard InChI is InChI=1S/C10H21N3O2/c1-5-6-8(11)10(15)13(4)7-9(14)12(2)3/h8H,5-7,11H2,1-4H3. The number of likely N-dealkylation sites (N-methyl/N-ethyl adjacent to an activating group) is 2. The molecule has 0 saturated carbocycles. The number of hydrogen-bond donors (Lipinski definition) is 1. The monoisotopic (exact) mass is 215 g/mol. The van der Waals surface area contributed by atoms with Gasteiger partial charge in [-0.15, -0.1) is 0 Å². The first-order valence-corrected chi connectivity index (χ1v) is 5.10. The topological polar surface area (TPSA) is 66.6 Å². The van der Waals surface area contributed by atoms with E-state index in [0.29, 0.717) is 6.42 Å². The van der Waals surface area contributed by atoms with E-state index < -0.39 is 6.04 Å². The van der Waals surface area contributed by atoms with Crippen LogP contribution in [0.15, 0.2) is 0 Å². The largest absolute Gasteiger partial charge is 0.347 e. The van der Waals surface area contributed by atoms with Gasteiger partial charge in [0.2, 0.25) is 11.8 Å². The highest BCUT2D eigenvalue weighted by molar-refractivity contribution is 5.87. The highest BCUT2D eigenvalue weighted by Gasteiger charge is 2.19. The summed E-state index contributed by atoms with van der Waals surface area (Å²) in [4.78, 5) is 25.8. The smallest absolute Gasteiger partial charge is 0.241 e. The number of carbonyl (C=O) groups excluding carboxylic acids is 2. The first-order valence-electron chi connectivity index (χ1n) is 5.10. The van der Waals surface area contributed by atoms with Crippen molar-refractivity contribution in [1.82, 2.24) is 9.80 Å². The van der Waals surface area contributed by atoms with E-state index in [1.165, 1.54) is 9.80 Å². The number of hydrogen-bond acceptors (Lipinski definition) is 3. The van der Waals surface area contributed by atoms with Gasteiger partial charge in [-0.2, -0.15) is 0 Å². The third-order valence-corrected chi connectivity index (χ3v) is 2.16. The van der Waals surface area contributed by atoms with Crippen LogP contribution >= 0.6 is 0 Å². The fourth-order valence-corrected chi connectivity index (χ4v) is 1.14. The minimum atomic E-state index is -0.491. The molecule has 1 unspecified atom stereocenters. The van der Waals surface area contributed by atoms with Crippen LogP contribution in [0.25, 0.3) is 0 Å². The Balaban J connectivity index is 4.15. The van der Waals surface area contributed by atoms with Gasteiger partial charge in [-0.3, -0.25) is 9.59 Å². The van der Waals surface area contributed by atoms with Gasteiger partial charge in [0.05, 0.1) is 12.6 Å². The van der Waals surface area contributed by atoms with E-state index in [1.807, 2.05) is 6.92 Å². The zero-order valence-electron chi connectivity index (χ0n) is 9.99. The summed E-state index contributed by atoms with van der Waals surface area (Å²) in [5.41, 5.74) is 5.66. The number of nitrogens with zero attached hydrogens (tertiary/aromatic N) is 2. The Hall–Kier alpha value is -1.10. The van der Waals surface area contributed by atoms with Crippen molar-refractivity contribution in [2.45, 2.75) is 25.8 Å². The van der Waals surface area contributed by atoms with Crippen LogP contribution in [0, 0.1) is 0 Å². The predicted molar refractivity (Wildman–Crippen MR) is 59.2 cm³/mol. The molecule has 0 aromatic heterocycles. The molecule has 0 saturated heterocycles. The van der Waals surface area contributed by atoms with Crippen molar-refractivity contribution < 1.29 is 9.59 Å². The van der Waals surface area contributed by atoms with Gasteiger partial charge in [0, 0.05) is 21.1 Å². The first-order chi connectivity index (χ1) is 6.90. The Bertz CT molecular complexity index is 229. The molecular formula is C10H21N3O2. The van der Waals surface area contributed by atoms with Gasteiger partial charge >= 0.3 is 0 Å². The Morgan fingerprint density at radius 3 is 2.20 bits per heavy atom. The lowest BCUT2D eigenvalue weighted by Gasteiger charge is -2.22. The van der Waals surface area contributed by atoms with Crippen LogP contribution in [0.1, 0.15) is 19.8 Å². The van der Waals surface area contributed by atoms with Crippen LogP contribution in [0.2, 0.25) is 0 Å². The average molecular weight is 215 g/mol. The third kappa shape index (κ3) is 4.78. The zero-order valence-corrected chi connectivity index (χ0v) is 9.99. The minimum Gasteiger partial charge on any atom is -0.347 e. The maximum atomic E-state index is 11.6. The van der Waals surface area contributed by atoms with E-state index >= 15 is 0 Å². The molecule has 15 heavy (non-hydrogen) atoms. The summed E-state index contributed by atoms with van der Waals surface area (Å²) >= 11 is 0. The maximum absolute atomic E-state index is 11.6. The van der Waals surface area contributed by atoms with E-state index in [0.717, 1.165) is 6.42 Å². The van der Waals surface area contributed by atoms with E-state index in [4.69, 9.17) is 5.73 Å². The molecule has 0 bridgehead atoms. The molecule has 0 aliphatic heterocycles. The van der Waals surface area contributed by atoms with Crippen LogP contribution in [-0.2, 0) is 9.59 Å². The number of carbonyl (C=O) groups is 2. The average Bonchev–Trinajstić information content (AvgIpc) is 2.16. The minimum absolute atomic E-state index is 0.0866. The lowest BCUT2D eigenvalue weighted by atomic mass is 10.1. The number of amides is 2. The van der Waals surface area contributed by atoms with E-state index in [-0.39, 0.29) is 18.4 Å². The summed E-state index contributed by atoms with van der Waals surface area (Å²) in [6.45, 7) is 2.06. The quantitative estimate of drug-likeness (QED) is 0.682. The maximum Gasteiger partial charge on any atom is 0.241 e. The summed E-state index contributed by atoms with van der Waals surface area (Å²) in [6.07, 6.45) is 1.52. The Labute approximate surface area is 91.2 Å². The van der Waals surface area contributed by atoms with Crippen molar-refractivity contribution in [2.75, 3.05) is 27.7 Å². The molecule has 0 spiro atoms. The van der Waals surface area contributed by atoms with Crippen molar-refractivity contribution in [2.24, 2.45) is 5.73 Å². The second-order valence-electron chi connectivity index (χ2n) is 3.88. The van der Waals surface area contributed by atoms with Crippen LogP contribution in [-0.4, -0.2) is 55.3 Å². The van der Waals surface area contributed by atoms with Gasteiger partial charge in [-0.05, 0) is 6.42 Å². The fourth-order valence-electron chi connectivity index (χ4n) is 1.14. The number of nitrogens with two attached hydrogens (primary N) is 1. The van der Waals surface area contributed by atoms with Gasteiger partial charge in [0.1, 0.15) is 0 Å². The van der Waals surface area contributed by atoms with Crippen LogP contribution < -0.4 is 5.73 Å². The summed E-state index contributed by atoms with van der Waals surface area (Å²) in [6, 6.07) is -0.491. The van der Waals surface area contributed by atoms with Gasteiger partial charge in [-0.1, -0.05) is 13.3 Å². The normalized spacial score (nSPS) is 12.1. The van der Waals surface area contributed by atoms with Crippen molar-refractivity contribution >= 4 is 11.8 Å². The van der Waals surface area contributed by atoms with Crippen molar-refractivity contribution in [1.29, 1.82) is 0 Å². The Morgan fingerprint density at radius 1 is 1.27 bits per heavy atom. The lowest BCUT2D eigenvalue weighted by Crippen LogP contribution is -2.45. The summed E-state index contributed by atoms with van der Waals surface area (Å²) < 4.78 is 0. The Kier molecular flexibility index (Phi) is 5.93. The van der Waals surface area contributed by atoms with E-state index in [1.54, 1.807) is 21.1 Å². The van der Waals surface area contributed by atoms with Crippen LogP contribution in [0.4, 0.5) is 0 Å². The molecule has 0 aromatic rings. The summed E-state index contributed by atoms with van der Waals surface area (Å²) in [5, 5.41) is 0. The first kappa shape index (κ1) is 13.9. The third-order valence-electron chi connectivity index (χ3n) is 2.16. The molecule has 0 heterocycles. The molecule has 0 fully saturated rings. The molecule has 0 radical (unpaired) electrons. The predicted octanol–water partition coefficient (Wildman–Crippen LogP) is -0.340. The van der Waals surface area contributed by atoms with Gasteiger partial charge in [-0.25, -0.2) is 0 Å². The SMILES string of the molecule is CCCC(N)C(=O)N(C)CC(=O)N(C)C. The lowest BCUT2D eigenvalue weighted by molar-refractivity contribution is -0.138. The van der Waals surface area contributed by atoms with E-state index in [2.05, 4.69) is 0 Å². The molecule has 5 nitrogen and oxygen atoms in total. The molecule has 5 heteroatoms. The molecule has 1 atom stereocenters. The van der Waals surface area contributed by atoms with Crippen LogP contribution in [0.5, 0.6) is 0 Å². The molecule has 2 N–H and O–H groups in total. The molecule has 2 amide bonds. The summed E-state index contributed by atoms with van der Waals surface area (Å²) in [5.74, 6) is -0.276. The summed E-state index contributed by atoms with van der Waals surface area (Å²) in [7, 11) is 4.92. The molecule has 88 valence electrons. The number of rotatable bonds is 5. The molecule has 0 aliphatic carbocycles. The molecule has 0 rings (SSSR count). The molecule has 0 aliphatic rings. The fraction of sp³-hybridized carbons (Fsp3) is 0.800. The highest BCUT2D eigenvalue weighted by atomic mass is 16.2. The Morgan fingerprint density at radius 2 is 1.80 bits per heavy atom. The highest BCUT2D eigenvalue weighted by Crippen LogP contribution is 1.98. The van der Waals surface area contributed by atoms with Crippen molar-refractivity contribution in [3.8, 4) is 0 Å². The zero-order chi connectivity index (χ0) is 12.0. The van der Waals surface area contributed by atoms with E-state index in [9.17, 15) is 9.59 Å².